The summed E-state index contributed by atoms with van der Waals surface area (Å²) in [6, 6.07) is 3.69. The van der Waals surface area contributed by atoms with E-state index in [9.17, 15) is 4.79 Å². The number of rotatable bonds is 2. The van der Waals surface area contributed by atoms with E-state index in [1.807, 2.05) is 6.20 Å². The van der Waals surface area contributed by atoms with Gasteiger partial charge in [-0.25, -0.2) is 0 Å². The molecule has 2 aromatic rings. The van der Waals surface area contributed by atoms with E-state index in [0.29, 0.717) is 5.92 Å². The van der Waals surface area contributed by atoms with Gasteiger partial charge in [-0.3, -0.25) is 4.79 Å². The van der Waals surface area contributed by atoms with Crippen molar-refractivity contribution in [2.45, 2.75) is 51.5 Å². The van der Waals surface area contributed by atoms with E-state index >= 15 is 0 Å². The predicted octanol–water partition coefficient (Wildman–Crippen LogP) is 2.56. The molecule has 4 heteroatoms. The molecular weight excluding hydrogens is 226 g/mol. The fraction of sp³-hybridized carbons (Fsp3) is 0.571. The molecule has 0 amide bonds. The Bertz CT molecular complexity index is 605. The van der Waals surface area contributed by atoms with Crippen LogP contribution in [0.25, 0.3) is 5.65 Å². The Kier molecular flexibility index (Phi) is 2.94. The highest BCUT2D eigenvalue weighted by Crippen LogP contribution is 2.31. The molecule has 0 aliphatic heterocycles. The lowest BCUT2D eigenvalue weighted by Crippen LogP contribution is -2.17. The van der Waals surface area contributed by atoms with Crippen LogP contribution < -0.4 is 5.56 Å². The second kappa shape index (κ2) is 4.59. The molecule has 1 aliphatic rings. The number of hydrogen-bond acceptors (Lipinski definition) is 2. The Morgan fingerprint density at radius 3 is 2.83 bits per heavy atom. The minimum absolute atomic E-state index is 0.0308. The maximum Gasteiger partial charge on any atom is 0.274 e. The van der Waals surface area contributed by atoms with E-state index < -0.39 is 0 Å². The molecule has 0 unspecified atom stereocenters. The van der Waals surface area contributed by atoms with Crippen molar-refractivity contribution in [2.24, 2.45) is 0 Å². The first kappa shape index (κ1) is 11.5. The van der Waals surface area contributed by atoms with E-state index in [2.05, 4.69) is 22.7 Å². The average molecular weight is 245 g/mol. The minimum atomic E-state index is -0.0308. The van der Waals surface area contributed by atoms with Crippen molar-refractivity contribution in [3.8, 4) is 0 Å². The van der Waals surface area contributed by atoms with E-state index in [-0.39, 0.29) is 5.56 Å². The standard InChI is InChI=1S/C14H19N3O/c1-2-16-9-8-14(18)17-13(16)10-12(15-17)11-6-4-3-5-7-11/h8-11H,2-7H2,1H3. The molecule has 0 N–H and O–H groups in total. The second-order valence-corrected chi connectivity index (χ2v) is 5.11. The Morgan fingerprint density at radius 2 is 2.11 bits per heavy atom. The van der Waals surface area contributed by atoms with Gasteiger partial charge in [-0.15, -0.1) is 0 Å². The van der Waals surface area contributed by atoms with Gasteiger partial charge in [-0.1, -0.05) is 19.3 Å². The van der Waals surface area contributed by atoms with Gasteiger partial charge in [0.25, 0.3) is 5.56 Å². The van der Waals surface area contributed by atoms with Gasteiger partial charge in [0.2, 0.25) is 0 Å². The highest BCUT2D eigenvalue weighted by Gasteiger charge is 2.19. The summed E-state index contributed by atoms with van der Waals surface area (Å²) in [5.41, 5.74) is 1.99. The average Bonchev–Trinajstić information content (AvgIpc) is 2.86. The molecule has 1 saturated carbocycles. The number of fused-ring (bicyclic) bond motifs is 1. The van der Waals surface area contributed by atoms with Gasteiger partial charge in [-0.2, -0.15) is 9.61 Å². The molecule has 18 heavy (non-hydrogen) atoms. The van der Waals surface area contributed by atoms with E-state index in [1.165, 1.54) is 32.1 Å². The van der Waals surface area contributed by atoms with E-state index in [1.54, 1.807) is 10.6 Å². The minimum Gasteiger partial charge on any atom is -0.333 e. The Hall–Kier alpha value is -1.58. The highest BCUT2D eigenvalue weighted by atomic mass is 16.1. The summed E-state index contributed by atoms with van der Waals surface area (Å²) in [6.45, 7) is 2.94. The van der Waals surface area contributed by atoms with Crippen LogP contribution in [0.2, 0.25) is 0 Å². The molecule has 96 valence electrons. The first-order valence-electron chi connectivity index (χ1n) is 6.88. The van der Waals surface area contributed by atoms with Crippen molar-refractivity contribution in [3.63, 3.8) is 0 Å². The lowest BCUT2D eigenvalue weighted by molar-refractivity contribution is 0.435. The smallest absolute Gasteiger partial charge is 0.274 e. The van der Waals surface area contributed by atoms with Gasteiger partial charge in [-0.05, 0) is 19.8 Å². The molecule has 0 bridgehead atoms. The van der Waals surface area contributed by atoms with Crippen LogP contribution in [0, 0.1) is 0 Å². The summed E-state index contributed by atoms with van der Waals surface area (Å²) in [7, 11) is 0. The largest absolute Gasteiger partial charge is 0.333 e. The predicted molar refractivity (Wildman–Crippen MR) is 71.0 cm³/mol. The van der Waals surface area contributed by atoms with E-state index in [4.69, 9.17) is 0 Å². The highest BCUT2D eigenvalue weighted by molar-refractivity contribution is 5.41. The summed E-state index contributed by atoms with van der Waals surface area (Å²) in [5.74, 6) is 0.545. The molecule has 0 saturated heterocycles. The second-order valence-electron chi connectivity index (χ2n) is 5.11. The third-order valence-electron chi connectivity index (χ3n) is 3.97. The SMILES string of the molecule is CCn1ccc(=O)n2nc(C3CCCCC3)cc12. The van der Waals surface area contributed by atoms with Crippen LogP contribution in [0.1, 0.15) is 50.6 Å². The number of hydrogen-bond donors (Lipinski definition) is 0. The molecule has 0 aromatic carbocycles. The van der Waals surface area contributed by atoms with Crippen LogP contribution >= 0.6 is 0 Å². The van der Waals surface area contributed by atoms with Gasteiger partial charge in [0.15, 0.2) is 0 Å². The quantitative estimate of drug-likeness (QED) is 0.815. The lowest BCUT2D eigenvalue weighted by atomic mass is 9.87. The lowest BCUT2D eigenvalue weighted by Gasteiger charge is -2.18. The zero-order chi connectivity index (χ0) is 12.5. The molecule has 1 fully saturated rings. The molecule has 1 aliphatic carbocycles. The fourth-order valence-corrected chi connectivity index (χ4v) is 2.92. The summed E-state index contributed by atoms with van der Waals surface area (Å²) in [4.78, 5) is 11.8. The van der Waals surface area contributed by atoms with Crippen LogP contribution in [0.4, 0.5) is 0 Å². The summed E-state index contributed by atoms with van der Waals surface area (Å²) < 4.78 is 3.62. The van der Waals surface area contributed by atoms with Crippen molar-refractivity contribution < 1.29 is 0 Å². The summed E-state index contributed by atoms with van der Waals surface area (Å²) in [5, 5.41) is 4.53. The van der Waals surface area contributed by atoms with Crippen molar-refractivity contribution >= 4 is 5.65 Å². The van der Waals surface area contributed by atoms with Gasteiger partial charge >= 0.3 is 0 Å². The van der Waals surface area contributed by atoms with Crippen molar-refractivity contribution in [2.75, 3.05) is 0 Å². The number of nitrogens with zero attached hydrogens (tertiary/aromatic N) is 3. The van der Waals surface area contributed by atoms with Gasteiger partial charge in [0.1, 0.15) is 5.65 Å². The normalized spacial score (nSPS) is 17.4. The van der Waals surface area contributed by atoms with Gasteiger partial charge in [0, 0.05) is 30.8 Å². The topological polar surface area (TPSA) is 39.3 Å². The number of aryl methyl sites for hydroxylation is 1. The summed E-state index contributed by atoms with van der Waals surface area (Å²) in [6.07, 6.45) is 8.19. The van der Waals surface area contributed by atoms with Gasteiger partial charge < -0.3 is 4.57 Å². The Labute approximate surface area is 106 Å². The molecule has 4 nitrogen and oxygen atoms in total. The maximum atomic E-state index is 11.8. The van der Waals surface area contributed by atoms with Crippen molar-refractivity contribution in [1.29, 1.82) is 0 Å². The monoisotopic (exact) mass is 245 g/mol. The van der Waals surface area contributed by atoms with E-state index in [0.717, 1.165) is 17.9 Å². The first-order chi connectivity index (χ1) is 8.79. The molecule has 2 heterocycles. The third kappa shape index (κ3) is 1.85. The van der Waals surface area contributed by atoms with Crippen LogP contribution in [0.3, 0.4) is 0 Å². The maximum absolute atomic E-state index is 11.8. The number of aromatic nitrogens is 3. The van der Waals surface area contributed by atoms with Crippen LogP contribution in [0.5, 0.6) is 0 Å². The van der Waals surface area contributed by atoms with Crippen LogP contribution in [0.15, 0.2) is 23.1 Å². The molecular formula is C14H19N3O. The molecule has 2 aromatic heterocycles. The van der Waals surface area contributed by atoms with Crippen LogP contribution in [-0.4, -0.2) is 14.2 Å². The van der Waals surface area contributed by atoms with Gasteiger partial charge in [0.05, 0.1) is 5.69 Å². The molecule has 0 spiro atoms. The molecule has 3 rings (SSSR count). The fourth-order valence-electron chi connectivity index (χ4n) is 2.92. The third-order valence-corrected chi connectivity index (χ3v) is 3.97. The molecule has 0 radical (unpaired) electrons. The zero-order valence-corrected chi connectivity index (χ0v) is 10.8. The Balaban J connectivity index is 2.09. The summed E-state index contributed by atoms with van der Waals surface area (Å²) >= 11 is 0. The van der Waals surface area contributed by atoms with Crippen molar-refractivity contribution in [1.82, 2.24) is 14.2 Å². The zero-order valence-electron chi connectivity index (χ0n) is 10.8. The first-order valence-corrected chi connectivity index (χ1v) is 6.88. The van der Waals surface area contributed by atoms with Crippen molar-refractivity contribution in [3.05, 3.63) is 34.4 Å². The molecule has 0 atom stereocenters. The van der Waals surface area contributed by atoms with Crippen LogP contribution in [-0.2, 0) is 6.54 Å². The Morgan fingerprint density at radius 1 is 1.33 bits per heavy atom.